The minimum absolute atomic E-state index is 0.228. The van der Waals surface area contributed by atoms with Crippen LogP contribution >= 0.6 is 0 Å². The van der Waals surface area contributed by atoms with E-state index < -0.39 is 0 Å². The summed E-state index contributed by atoms with van der Waals surface area (Å²) < 4.78 is 10.8. The van der Waals surface area contributed by atoms with Crippen molar-refractivity contribution in [3.8, 4) is 11.5 Å². The van der Waals surface area contributed by atoms with E-state index in [4.69, 9.17) is 15.3 Å². The van der Waals surface area contributed by atoms with Gasteiger partial charge in [-0.15, -0.1) is 0 Å². The van der Waals surface area contributed by atoms with Crippen molar-refractivity contribution in [1.29, 1.82) is 0 Å². The third-order valence-electron chi connectivity index (χ3n) is 2.96. The molecule has 0 aliphatic rings. The first kappa shape index (κ1) is 13.3. The van der Waals surface area contributed by atoms with Crippen LogP contribution in [0, 0.1) is 0 Å². The summed E-state index contributed by atoms with van der Waals surface area (Å²) in [5.41, 5.74) is 4.64. The zero-order chi connectivity index (χ0) is 13.7. The van der Waals surface area contributed by atoms with Gasteiger partial charge in [0.25, 0.3) is 0 Å². The lowest BCUT2D eigenvalue weighted by atomic mass is 9.98. The predicted molar refractivity (Wildman–Crippen MR) is 72.9 cm³/mol. The van der Waals surface area contributed by atoms with Gasteiger partial charge in [0.2, 0.25) is 0 Å². The van der Waals surface area contributed by atoms with Crippen LogP contribution in [0.2, 0.25) is 0 Å². The molecular formula is C14H17N3O2. The van der Waals surface area contributed by atoms with Crippen molar-refractivity contribution in [2.75, 3.05) is 14.2 Å². The number of hydrogen-bond donors (Lipinski definition) is 2. The highest BCUT2D eigenvalue weighted by molar-refractivity contribution is 5.50. The van der Waals surface area contributed by atoms with Crippen molar-refractivity contribution in [1.82, 2.24) is 10.4 Å². The van der Waals surface area contributed by atoms with Gasteiger partial charge in [0, 0.05) is 12.4 Å². The number of methoxy groups -OCH3 is 2. The summed E-state index contributed by atoms with van der Waals surface area (Å²) in [5, 5.41) is 0. The summed E-state index contributed by atoms with van der Waals surface area (Å²) in [5.74, 6) is 7.15. The van der Waals surface area contributed by atoms with E-state index in [2.05, 4.69) is 10.4 Å². The van der Waals surface area contributed by atoms with Crippen molar-refractivity contribution in [3.05, 3.63) is 53.9 Å². The third-order valence-corrected chi connectivity index (χ3v) is 2.96. The number of nitrogens with one attached hydrogen (secondary N) is 1. The number of nitrogens with zero attached hydrogens (tertiary/aromatic N) is 1. The molecule has 1 aromatic heterocycles. The Kier molecular flexibility index (Phi) is 4.33. The summed E-state index contributed by atoms with van der Waals surface area (Å²) in [7, 11) is 3.25. The summed E-state index contributed by atoms with van der Waals surface area (Å²) in [4.78, 5) is 4.01. The van der Waals surface area contributed by atoms with E-state index in [0.29, 0.717) is 0 Å². The first-order valence-electron chi connectivity index (χ1n) is 5.88. The van der Waals surface area contributed by atoms with Gasteiger partial charge < -0.3 is 9.47 Å². The van der Waals surface area contributed by atoms with E-state index in [-0.39, 0.29) is 6.04 Å². The Morgan fingerprint density at radius 1 is 1.05 bits per heavy atom. The van der Waals surface area contributed by atoms with Crippen molar-refractivity contribution in [2.45, 2.75) is 6.04 Å². The molecule has 0 saturated heterocycles. The Labute approximate surface area is 112 Å². The first-order chi connectivity index (χ1) is 9.31. The number of pyridine rings is 1. The summed E-state index contributed by atoms with van der Waals surface area (Å²) in [6.07, 6.45) is 3.45. The molecule has 1 unspecified atom stereocenters. The van der Waals surface area contributed by atoms with E-state index >= 15 is 0 Å². The van der Waals surface area contributed by atoms with E-state index in [1.807, 2.05) is 30.3 Å². The molecule has 5 nitrogen and oxygen atoms in total. The number of nitrogens with two attached hydrogens (primary N) is 1. The molecule has 19 heavy (non-hydrogen) atoms. The lowest BCUT2D eigenvalue weighted by Gasteiger charge is -2.21. The number of aromatic nitrogens is 1. The molecule has 0 spiro atoms. The van der Waals surface area contributed by atoms with Crippen LogP contribution in [0.4, 0.5) is 0 Å². The second-order valence-electron chi connectivity index (χ2n) is 3.96. The average molecular weight is 259 g/mol. The Bertz CT molecular complexity index is 509. The molecule has 0 amide bonds. The van der Waals surface area contributed by atoms with Gasteiger partial charge in [-0.05, 0) is 29.8 Å². The second-order valence-corrected chi connectivity index (χ2v) is 3.96. The maximum atomic E-state index is 5.70. The van der Waals surface area contributed by atoms with Crippen molar-refractivity contribution in [3.63, 3.8) is 0 Å². The number of hydrazine groups is 1. The van der Waals surface area contributed by atoms with Crippen LogP contribution in [0.15, 0.2) is 42.7 Å². The van der Waals surface area contributed by atoms with Crippen LogP contribution < -0.4 is 20.7 Å². The summed E-state index contributed by atoms with van der Waals surface area (Å²) in [6, 6.07) is 9.20. The van der Waals surface area contributed by atoms with Crippen LogP contribution in [0.3, 0.4) is 0 Å². The van der Waals surface area contributed by atoms with E-state index in [0.717, 1.165) is 22.6 Å². The van der Waals surface area contributed by atoms with Gasteiger partial charge in [-0.25, -0.2) is 5.43 Å². The lowest BCUT2D eigenvalue weighted by molar-refractivity contribution is 0.377. The average Bonchev–Trinajstić information content (AvgIpc) is 2.49. The molecule has 0 radical (unpaired) electrons. The molecule has 2 rings (SSSR count). The van der Waals surface area contributed by atoms with E-state index in [1.54, 1.807) is 26.6 Å². The first-order valence-corrected chi connectivity index (χ1v) is 5.88. The molecular weight excluding hydrogens is 242 g/mol. The quantitative estimate of drug-likeness (QED) is 0.631. The fraction of sp³-hybridized carbons (Fsp3) is 0.214. The molecule has 5 heteroatoms. The normalized spacial score (nSPS) is 11.9. The molecule has 1 atom stereocenters. The van der Waals surface area contributed by atoms with E-state index in [9.17, 15) is 0 Å². The molecule has 1 heterocycles. The SMILES string of the molecule is COc1cccc(OC)c1C(NN)c1ccncc1. The molecule has 2 aromatic rings. The number of rotatable bonds is 5. The summed E-state index contributed by atoms with van der Waals surface area (Å²) >= 11 is 0. The highest BCUT2D eigenvalue weighted by Gasteiger charge is 2.21. The van der Waals surface area contributed by atoms with Gasteiger partial charge in [-0.3, -0.25) is 10.8 Å². The zero-order valence-electron chi connectivity index (χ0n) is 11.0. The van der Waals surface area contributed by atoms with Crippen molar-refractivity contribution in [2.24, 2.45) is 5.84 Å². The number of hydrogen-bond acceptors (Lipinski definition) is 5. The second kappa shape index (κ2) is 6.17. The fourth-order valence-corrected chi connectivity index (χ4v) is 2.07. The Morgan fingerprint density at radius 3 is 2.11 bits per heavy atom. The molecule has 1 aromatic carbocycles. The Morgan fingerprint density at radius 2 is 1.63 bits per heavy atom. The Balaban J connectivity index is 2.54. The minimum Gasteiger partial charge on any atom is -0.496 e. The smallest absolute Gasteiger partial charge is 0.127 e. The number of ether oxygens (including phenoxy) is 2. The van der Waals surface area contributed by atoms with Crippen LogP contribution in [0.5, 0.6) is 11.5 Å². The highest BCUT2D eigenvalue weighted by Crippen LogP contribution is 2.36. The van der Waals surface area contributed by atoms with Crippen molar-refractivity contribution >= 4 is 0 Å². The number of benzene rings is 1. The molecule has 0 aliphatic heterocycles. The molecule has 0 aliphatic carbocycles. The van der Waals surface area contributed by atoms with Gasteiger partial charge in [-0.1, -0.05) is 6.07 Å². The van der Waals surface area contributed by atoms with Crippen LogP contribution in [0.25, 0.3) is 0 Å². The Hall–Kier alpha value is -2.11. The molecule has 0 saturated carbocycles. The molecule has 100 valence electrons. The highest BCUT2D eigenvalue weighted by atomic mass is 16.5. The monoisotopic (exact) mass is 259 g/mol. The van der Waals surface area contributed by atoms with Gasteiger partial charge in [0.05, 0.1) is 25.8 Å². The van der Waals surface area contributed by atoms with Gasteiger partial charge in [-0.2, -0.15) is 0 Å². The van der Waals surface area contributed by atoms with Crippen LogP contribution in [-0.2, 0) is 0 Å². The predicted octanol–water partition coefficient (Wildman–Crippen LogP) is 1.65. The van der Waals surface area contributed by atoms with E-state index in [1.165, 1.54) is 0 Å². The van der Waals surface area contributed by atoms with Crippen LogP contribution in [0.1, 0.15) is 17.2 Å². The molecule has 3 N–H and O–H groups in total. The topological polar surface area (TPSA) is 69.4 Å². The maximum Gasteiger partial charge on any atom is 0.127 e. The molecule has 0 bridgehead atoms. The summed E-state index contributed by atoms with van der Waals surface area (Å²) in [6.45, 7) is 0. The van der Waals surface area contributed by atoms with Gasteiger partial charge >= 0.3 is 0 Å². The standard InChI is InChI=1S/C14H17N3O2/c1-18-11-4-3-5-12(19-2)13(11)14(17-15)10-6-8-16-9-7-10/h3-9,14,17H,15H2,1-2H3. The van der Waals surface area contributed by atoms with Gasteiger partial charge in [0.15, 0.2) is 0 Å². The van der Waals surface area contributed by atoms with Gasteiger partial charge in [0.1, 0.15) is 11.5 Å². The van der Waals surface area contributed by atoms with Crippen molar-refractivity contribution < 1.29 is 9.47 Å². The lowest BCUT2D eigenvalue weighted by Crippen LogP contribution is -2.29. The maximum absolute atomic E-state index is 5.70. The minimum atomic E-state index is -0.228. The van der Waals surface area contributed by atoms with Crippen LogP contribution in [-0.4, -0.2) is 19.2 Å². The fourth-order valence-electron chi connectivity index (χ4n) is 2.07. The third kappa shape index (κ3) is 2.67. The molecule has 0 fully saturated rings. The zero-order valence-corrected chi connectivity index (χ0v) is 11.0. The largest absolute Gasteiger partial charge is 0.496 e.